The number of amides is 1. The highest BCUT2D eigenvalue weighted by atomic mass is 16.6. The molecule has 0 heterocycles. The molecule has 0 aromatic heterocycles. The van der Waals surface area contributed by atoms with Crippen LogP contribution in [0.2, 0.25) is 0 Å². The third-order valence-corrected chi connectivity index (χ3v) is 2.31. The van der Waals surface area contributed by atoms with E-state index in [1.807, 2.05) is 6.92 Å². The fraction of sp³-hybridized carbons (Fsp3) is 0.385. The standard InChI is InChI=1S/C13H17NO5/c1-3-18-10-4-6-11(7-5-10)19-13(17)14(2)9-8-12(15)16/h4-7H,3,8-9H2,1-2H3,(H,15,16). The maximum absolute atomic E-state index is 11.6. The normalized spacial score (nSPS) is 9.79. The zero-order chi connectivity index (χ0) is 14.3. The lowest BCUT2D eigenvalue weighted by Gasteiger charge is -2.15. The van der Waals surface area contributed by atoms with Gasteiger partial charge in [0.1, 0.15) is 11.5 Å². The van der Waals surface area contributed by atoms with Gasteiger partial charge >= 0.3 is 12.1 Å². The molecular formula is C13H17NO5. The number of hydrogen-bond donors (Lipinski definition) is 1. The molecule has 0 fully saturated rings. The van der Waals surface area contributed by atoms with E-state index in [1.165, 1.54) is 11.9 Å². The van der Waals surface area contributed by atoms with Crippen LogP contribution in [0.25, 0.3) is 0 Å². The molecule has 1 rings (SSSR count). The minimum Gasteiger partial charge on any atom is -0.494 e. The Balaban J connectivity index is 2.49. The van der Waals surface area contributed by atoms with E-state index in [1.54, 1.807) is 24.3 Å². The van der Waals surface area contributed by atoms with E-state index in [9.17, 15) is 9.59 Å². The summed E-state index contributed by atoms with van der Waals surface area (Å²) in [4.78, 5) is 23.2. The van der Waals surface area contributed by atoms with Gasteiger partial charge in [0, 0.05) is 13.6 Å². The molecule has 104 valence electrons. The van der Waals surface area contributed by atoms with Crippen LogP contribution in [-0.2, 0) is 4.79 Å². The number of nitrogens with zero attached hydrogens (tertiary/aromatic N) is 1. The molecule has 0 aliphatic carbocycles. The Morgan fingerprint density at radius 3 is 2.32 bits per heavy atom. The molecule has 6 nitrogen and oxygen atoms in total. The Kier molecular flexibility index (Phi) is 5.66. The van der Waals surface area contributed by atoms with Crippen molar-refractivity contribution in [3.63, 3.8) is 0 Å². The smallest absolute Gasteiger partial charge is 0.414 e. The van der Waals surface area contributed by atoms with Gasteiger partial charge in [0.05, 0.1) is 13.0 Å². The van der Waals surface area contributed by atoms with Crippen LogP contribution in [0.3, 0.4) is 0 Å². The van der Waals surface area contributed by atoms with Crippen LogP contribution in [0.5, 0.6) is 11.5 Å². The second-order valence-electron chi connectivity index (χ2n) is 3.84. The van der Waals surface area contributed by atoms with Gasteiger partial charge in [0.25, 0.3) is 0 Å². The van der Waals surface area contributed by atoms with Crippen LogP contribution < -0.4 is 9.47 Å². The van der Waals surface area contributed by atoms with E-state index in [4.69, 9.17) is 14.6 Å². The number of carbonyl (C=O) groups is 2. The zero-order valence-corrected chi connectivity index (χ0v) is 11.0. The van der Waals surface area contributed by atoms with Crippen molar-refractivity contribution in [2.75, 3.05) is 20.2 Å². The molecule has 6 heteroatoms. The van der Waals surface area contributed by atoms with Gasteiger partial charge < -0.3 is 19.5 Å². The molecule has 0 aliphatic heterocycles. The highest BCUT2D eigenvalue weighted by Gasteiger charge is 2.12. The molecule has 1 amide bonds. The molecule has 0 saturated carbocycles. The monoisotopic (exact) mass is 267 g/mol. The van der Waals surface area contributed by atoms with Crippen LogP contribution >= 0.6 is 0 Å². The predicted octanol–water partition coefficient (Wildman–Crippen LogP) is 1.99. The van der Waals surface area contributed by atoms with Gasteiger partial charge in [-0.15, -0.1) is 0 Å². The van der Waals surface area contributed by atoms with Crippen molar-refractivity contribution in [1.82, 2.24) is 4.90 Å². The molecule has 0 unspecified atom stereocenters. The SMILES string of the molecule is CCOc1ccc(OC(=O)N(C)CCC(=O)O)cc1. The van der Waals surface area contributed by atoms with E-state index in [0.29, 0.717) is 18.1 Å². The second kappa shape index (κ2) is 7.25. The van der Waals surface area contributed by atoms with Crippen molar-refractivity contribution in [3.8, 4) is 11.5 Å². The summed E-state index contributed by atoms with van der Waals surface area (Å²) in [5, 5.41) is 8.52. The van der Waals surface area contributed by atoms with E-state index in [2.05, 4.69) is 0 Å². The van der Waals surface area contributed by atoms with E-state index < -0.39 is 12.1 Å². The molecule has 0 saturated heterocycles. The Bertz CT molecular complexity index is 429. The number of hydrogen-bond acceptors (Lipinski definition) is 4. The van der Waals surface area contributed by atoms with Crippen molar-refractivity contribution in [1.29, 1.82) is 0 Å². The minimum absolute atomic E-state index is 0.102. The molecule has 1 N–H and O–H groups in total. The molecule has 0 aliphatic rings. The fourth-order valence-corrected chi connectivity index (χ4v) is 1.30. The first-order valence-electron chi connectivity index (χ1n) is 5.90. The van der Waals surface area contributed by atoms with Crippen LogP contribution in [0.15, 0.2) is 24.3 Å². The molecule has 19 heavy (non-hydrogen) atoms. The molecular weight excluding hydrogens is 250 g/mol. The topological polar surface area (TPSA) is 76.1 Å². The quantitative estimate of drug-likeness (QED) is 0.853. The molecule has 0 radical (unpaired) electrons. The lowest BCUT2D eigenvalue weighted by Crippen LogP contribution is -2.31. The summed E-state index contributed by atoms with van der Waals surface area (Å²) in [5.41, 5.74) is 0. The number of aliphatic carboxylic acids is 1. The molecule has 0 bridgehead atoms. The first-order chi connectivity index (χ1) is 9.02. The second-order valence-corrected chi connectivity index (χ2v) is 3.84. The average Bonchev–Trinajstić information content (AvgIpc) is 2.38. The summed E-state index contributed by atoms with van der Waals surface area (Å²) in [5.74, 6) is 0.123. The van der Waals surface area contributed by atoms with Crippen molar-refractivity contribution in [2.24, 2.45) is 0 Å². The number of ether oxygens (including phenoxy) is 2. The van der Waals surface area contributed by atoms with Crippen molar-refractivity contribution in [2.45, 2.75) is 13.3 Å². The van der Waals surface area contributed by atoms with E-state index in [0.717, 1.165) is 0 Å². The summed E-state index contributed by atoms with van der Waals surface area (Å²) in [6.07, 6.45) is -0.708. The summed E-state index contributed by atoms with van der Waals surface area (Å²) in [7, 11) is 1.49. The van der Waals surface area contributed by atoms with E-state index >= 15 is 0 Å². The van der Waals surface area contributed by atoms with Gasteiger partial charge in [0.2, 0.25) is 0 Å². The lowest BCUT2D eigenvalue weighted by molar-refractivity contribution is -0.137. The molecule has 0 spiro atoms. The van der Waals surface area contributed by atoms with Gasteiger partial charge in [-0.05, 0) is 31.2 Å². The first kappa shape index (κ1) is 14.8. The van der Waals surface area contributed by atoms with E-state index in [-0.39, 0.29) is 13.0 Å². The van der Waals surface area contributed by atoms with Gasteiger partial charge in [-0.25, -0.2) is 4.79 Å². The lowest BCUT2D eigenvalue weighted by atomic mass is 10.3. The highest BCUT2D eigenvalue weighted by molar-refractivity contribution is 5.72. The van der Waals surface area contributed by atoms with Crippen LogP contribution in [0, 0.1) is 0 Å². The summed E-state index contributed by atoms with van der Waals surface area (Å²) in [6.45, 7) is 2.55. The van der Waals surface area contributed by atoms with Crippen molar-refractivity contribution >= 4 is 12.1 Å². The fourth-order valence-electron chi connectivity index (χ4n) is 1.30. The summed E-state index contributed by atoms with van der Waals surface area (Å²) < 4.78 is 10.3. The predicted molar refractivity (Wildman–Crippen MR) is 68.5 cm³/mol. The Hall–Kier alpha value is -2.24. The number of rotatable bonds is 6. The third-order valence-electron chi connectivity index (χ3n) is 2.31. The molecule has 0 atom stereocenters. The first-order valence-corrected chi connectivity index (χ1v) is 5.90. The van der Waals surface area contributed by atoms with Gasteiger partial charge in [-0.3, -0.25) is 4.79 Å². The Morgan fingerprint density at radius 2 is 1.79 bits per heavy atom. The maximum atomic E-state index is 11.6. The van der Waals surface area contributed by atoms with Crippen LogP contribution in [0.4, 0.5) is 4.79 Å². The van der Waals surface area contributed by atoms with Gasteiger partial charge in [-0.2, -0.15) is 0 Å². The number of carbonyl (C=O) groups excluding carboxylic acids is 1. The molecule has 1 aromatic rings. The minimum atomic E-state index is -0.958. The number of carboxylic acids is 1. The summed E-state index contributed by atoms with van der Waals surface area (Å²) in [6, 6.07) is 6.63. The molecule has 1 aromatic carbocycles. The third kappa shape index (κ3) is 5.29. The largest absolute Gasteiger partial charge is 0.494 e. The van der Waals surface area contributed by atoms with Gasteiger partial charge in [-0.1, -0.05) is 0 Å². The Morgan fingerprint density at radius 1 is 1.21 bits per heavy atom. The van der Waals surface area contributed by atoms with Crippen molar-refractivity contribution in [3.05, 3.63) is 24.3 Å². The van der Waals surface area contributed by atoms with Gasteiger partial charge in [0.15, 0.2) is 0 Å². The maximum Gasteiger partial charge on any atom is 0.414 e. The van der Waals surface area contributed by atoms with Crippen molar-refractivity contribution < 1.29 is 24.2 Å². The number of carboxylic acid groups (broad SMARTS) is 1. The summed E-state index contributed by atoms with van der Waals surface area (Å²) >= 11 is 0. The van der Waals surface area contributed by atoms with Crippen LogP contribution in [-0.4, -0.2) is 42.3 Å². The zero-order valence-electron chi connectivity index (χ0n) is 11.0. The Labute approximate surface area is 111 Å². The number of benzene rings is 1. The highest BCUT2D eigenvalue weighted by Crippen LogP contribution is 2.18. The average molecular weight is 267 g/mol. The van der Waals surface area contributed by atoms with Crippen LogP contribution in [0.1, 0.15) is 13.3 Å².